The minimum atomic E-state index is -0.698. The molecule has 1 aromatic heterocycles. The van der Waals surface area contributed by atoms with E-state index in [1.165, 1.54) is 4.90 Å². The van der Waals surface area contributed by atoms with Crippen molar-refractivity contribution < 1.29 is 24.2 Å². The van der Waals surface area contributed by atoms with E-state index in [2.05, 4.69) is 4.98 Å². The van der Waals surface area contributed by atoms with Crippen molar-refractivity contribution in [1.29, 1.82) is 0 Å². The van der Waals surface area contributed by atoms with Crippen LogP contribution in [-0.2, 0) is 14.3 Å². The number of pyridine rings is 1. The van der Waals surface area contributed by atoms with E-state index in [0.717, 1.165) is 16.9 Å². The van der Waals surface area contributed by atoms with E-state index in [1.807, 2.05) is 40.7 Å². The number of hydrogen-bond acceptors (Lipinski definition) is 6. The molecule has 3 rings (SSSR count). The highest BCUT2D eigenvalue weighted by atomic mass is 16.5. The van der Waals surface area contributed by atoms with Gasteiger partial charge in [-0.25, -0.2) is 0 Å². The fraction of sp³-hybridized carbons (Fsp3) is 0.444. The first-order chi connectivity index (χ1) is 16.3. The topological polar surface area (TPSA) is 89.0 Å². The van der Waals surface area contributed by atoms with Gasteiger partial charge in [-0.3, -0.25) is 14.6 Å². The molecule has 1 atom stereocenters. The highest BCUT2D eigenvalue weighted by Crippen LogP contribution is 2.40. The van der Waals surface area contributed by atoms with Gasteiger partial charge in [-0.1, -0.05) is 13.8 Å². The molecule has 182 valence electrons. The summed E-state index contributed by atoms with van der Waals surface area (Å²) < 4.78 is 11.3. The average molecular weight is 467 g/mol. The number of aliphatic hydroxyl groups is 1. The van der Waals surface area contributed by atoms with Crippen LogP contribution in [-0.4, -0.2) is 52.5 Å². The van der Waals surface area contributed by atoms with Crippen LogP contribution in [0.2, 0.25) is 0 Å². The van der Waals surface area contributed by atoms with E-state index >= 15 is 0 Å². The highest BCUT2D eigenvalue weighted by Gasteiger charge is 2.45. The number of amides is 1. The SMILES string of the molecule is CCOc1ccc(/C(O)=C2/C(=O)C(=O)N(CCCOC(C)C)C2c2ccncc2)cc1C(C)C. The number of ether oxygens (including phenoxy) is 2. The van der Waals surface area contributed by atoms with Gasteiger partial charge < -0.3 is 19.5 Å². The molecule has 1 aliphatic heterocycles. The van der Waals surface area contributed by atoms with Crippen LogP contribution in [0.4, 0.5) is 0 Å². The number of carbonyl (C=O) groups is 2. The fourth-order valence-corrected chi connectivity index (χ4v) is 4.15. The maximum Gasteiger partial charge on any atom is 0.295 e. The summed E-state index contributed by atoms with van der Waals surface area (Å²) in [6, 6.07) is 8.18. The Labute approximate surface area is 201 Å². The average Bonchev–Trinajstić information content (AvgIpc) is 3.07. The lowest BCUT2D eigenvalue weighted by Crippen LogP contribution is -2.31. The predicted octanol–water partition coefficient (Wildman–Crippen LogP) is 4.84. The molecule has 34 heavy (non-hydrogen) atoms. The zero-order chi connectivity index (χ0) is 24.8. The summed E-state index contributed by atoms with van der Waals surface area (Å²) in [5.74, 6) is -0.614. The zero-order valence-electron chi connectivity index (χ0n) is 20.6. The van der Waals surface area contributed by atoms with Crippen LogP contribution in [0.25, 0.3) is 5.76 Å². The Morgan fingerprint density at radius 1 is 1.12 bits per heavy atom. The predicted molar refractivity (Wildman–Crippen MR) is 131 cm³/mol. The summed E-state index contributed by atoms with van der Waals surface area (Å²) in [6.07, 6.45) is 3.89. The Morgan fingerprint density at radius 2 is 1.82 bits per heavy atom. The molecule has 2 heterocycles. The van der Waals surface area contributed by atoms with Crippen molar-refractivity contribution in [2.75, 3.05) is 19.8 Å². The van der Waals surface area contributed by atoms with E-state index < -0.39 is 17.7 Å². The monoisotopic (exact) mass is 466 g/mol. The lowest BCUT2D eigenvalue weighted by atomic mass is 9.93. The van der Waals surface area contributed by atoms with Crippen molar-refractivity contribution in [3.8, 4) is 5.75 Å². The number of aromatic nitrogens is 1. The van der Waals surface area contributed by atoms with Gasteiger partial charge in [0.25, 0.3) is 11.7 Å². The number of Topliss-reactive ketones (excluding diaryl/α,β-unsaturated/α-hetero) is 1. The molecule has 7 nitrogen and oxygen atoms in total. The Hall–Kier alpha value is -3.19. The molecule has 7 heteroatoms. The Bertz CT molecular complexity index is 1050. The third kappa shape index (κ3) is 5.47. The molecule has 1 N–H and O–H groups in total. The number of carbonyl (C=O) groups excluding carboxylic acids is 2. The number of aliphatic hydroxyl groups excluding tert-OH is 1. The van der Waals surface area contributed by atoms with Crippen LogP contribution in [0.1, 0.15) is 69.7 Å². The lowest BCUT2D eigenvalue weighted by Gasteiger charge is -2.25. The van der Waals surface area contributed by atoms with Gasteiger partial charge in [0.1, 0.15) is 11.5 Å². The molecule has 0 spiro atoms. The van der Waals surface area contributed by atoms with Crippen LogP contribution >= 0.6 is 0 Å². The van der Waals surface area contributed by atoms with E-state index in [4.69, 9.17) is 9.47 Å². The van der Waals surface area contributed by atoms with Crippen LogP contribution in [0.15, 0.2) is 48.3 Å². The Morgan fingerprint density at radius 3 is 2.44 bits per heavy atom. The molecule has 1 aromatic carbocycles. The first-order valence-electron chi connectivity index (χ1n) is 11.8. The molecule has 0 bridgehead atoms. The van der Waals surface area contributed by atoms with E-state index in [0.29, 0.717) is 31.7 Å². The van der Waals surface area contributed by atoms with E-state index in [1.54, 1.807) is 36.7 Å². The maximum absolute atomic E-state index is 13.2. The zero-order valence-corrected chi connectivity index (χ0v) is 20.6. The third-order valence-corrected chi connectivity index (χ3v) is 5.76. The molecule has 1 amide bonds. The largest absolute Gasteiger partial charge is 0.507 e. The van der Waals surface area contributed by atoms with Gasteiger partial charge >= 0.3 is 0 Å². The van der Waals surface area contributed by atoms with Crippen molar-refractivity contribution in [2.24, 2.45) is 0 Å². The second-order valence-corrected chi connectivity index (χ2v) is 8.89. The highest BCUT2D eigenvalue weighted by molar-refractivity contribution is 6.46. The maximum atomic E-state index is 13.2. The standard InChI is InChI=1S/C27H34N2O5/c1-6-33-22-9-8-20(16-21(22)17(2)3)25(30)23-24(19-10-12-28-13-11-19)29(27(32)26(23)31)14-7-15-34-18(4)5/h8-13,16-18,24,30H,6-7,14-15H2,1-5H3/b25-23-. The second-order valence-electron chi connectivity index (χ2n) is 8.89. The summed E-state index contributed by atoms with van der Waals surface area (Å²) in [5, 5.41) is 11.3. The van der Waals surface area contributed by atoms with Gasteiger partial charge in [-0.2, -0.15) is 0 Å². The van der Waals surface area contributed by atoms with Crippen molar-refractivity contribution in [2.45, 2.75) is 59.1 Å². The quantitative estimate of drug-likeness (QED) is 0.233. The normalized spacial score (nSPS) is 17.7. The molecule has 0 saturated carbocycles. The summed E-state index contributed by atoms with van der Waals surface area (Å²) in [6.45, 7) is 11.2. The summed E-state index contributed by atoms with van der Waals surface area (Å²) in [5.41, 5.74) is 2.20. The van der Waals surface area contributed by atoms with E-state index in [-0.39, 0.29) is 23.4 Å². The first-order valence-corrected chi connectivity index (χ1v) is 11.8. The van der Waals surface area contributed by atoms with Gasteiger partial charge in [-0.15, -0.1) is 0 Å². The molecule has 1 saturated heterocycles. The number of benzene rings is 1. The number of hydrogen-bond donors (Lipinski definition) is 1. The van der Waals surface area contributed by atoms with Gasteiger partial charge in [0.15, 0.2) is 0 Å². The van der Waals surface area contributed by atoms with E-state index in [9.17, 15) is 14.7 Å². The minimum Gasteiger partial charge on any atom is -0.507 e. The summed E-state index contributed by atoms with van der Waals surface area (Å²) in [7, 11) is 0. The number of ketones is 1. The Balaban J connectivity index is 2.06. The second kappa shape index (κ2) is 11.3. The molecule has 0 radical (unpaired) electrons. The van der Waals surface area contributed by atoms with Gasteiger partial charge in [0, 0.05) is 31.1 Å². The van der Waals surface area contributed by atoms with Crippen molar-refractivity contribution >= 4 is 17.4 Å². The van der Waals surface area contributed by atoms with Crippen molar-refractivity contribution in [1.82, 2.24) is 9.88 Å². The molecular formula is C27H34N2O5. The molecule has 1 unspecified atom stereocenters. The third-order valence-electron chi connectivity index (χ3n) is 5.76. The van der Waals surface area contributed by atoms with Crippen molar-refractivity contribution in [3.05, 3.63) is 65.0 Å². The summed E-state index contributed by atoms with van der Waals surface area (Å²) in [4.78, 5) is 31.8. The summed E-state index contributed by atoms with van der Waals surface area (Å²) >= 11 is 0. The first kappa shape index (κ1) is 25.4. The smallest absolute Gasteiger partial charge is 0.295 e. The van der Waals surface area contributed by atoms with Crippen LogP contribution in [0, 0.1) is 0 Å². The minimum absolute atomic E-state index is 0.0832. The molecular weight excluding hydrogens is 432 g/mol. The van der Waals surface area contributed by atoms with Crippen LogP contribution in [0.5, 0.6) is 5.75 Å². The van der Waals surface area contributed by atoms with Crippen LogP contribution in [0.3, 0.4) is 0 Å². The molecule has 1 fully saturated rings. The van der Waals surface area contributed by atoms with Gasteiger partial charge in [-0.05, 0) is 74.6 Å². The van der Waals surface area contributed by atoms with Crippen LogP contribution < -0.4 is 4.74 Å². The van der Waals surface area contributed by atoms with Crippen molar-refractivity contribution in [3.63, 3.8) is 0 Å². The molecule has 0 aliphatic carbocycles. The molecule has 1 aliphatic rings. The van der Waals surface area contributed by atoms with Gasteiger partial charge in [0.2, 0.25) is 0 Å². The Kier molecular flexibility index (Phi) is 8.45. The lowest BCUT2D eigenvalue weighted by molar-refractivity contribution is -0.140. The molecule has 2 aromatic rings. The number of nitrogens with zero attached hydrogens (tertiary/aromatic N) is 2. The number of rotatable bonds is 10. The fourth-order valence-electron chi connectivity index (χ4n) is 4.15. The number of likely N-dealkylation sites (tertiary alicyclic amines) is 1. The van der Waals surface area contributed by atoms with Gasteiger partial charge in [0.05, 0.1) is 24.3 Å².